The Kier molecular flexibility index (Phi) is 6.98. The van der Waals surface area contributed by atoms with Gasteiger partial charge in [-0.15, -0.1) is 11.3 Å². The maximum atomic E-state index is 6.93. The van der Waals surface area contributed by atoms with Crippen molar-refractivity contribution in [3.8, 4) is 67.9 Å². The van der Waals surface area contributed by atoms with Crippen LogP contribution < -0.4 is 4.74 Å². The molecule has 1 spiro atoms. The second-order valence-electron chi connectivity index (χ2n) is 14.7. The van der Waals surface area contributed by atoms with Crippen LogP contribution in [-0.4, -0.2) is 15.0 Å². The molecule has 0 saturated carbocycles. The molecular formula is C52H31N3OS. The molecule has 266 valence electrons. The van der Waals surface area contributed by atoms with Crippen LogP contribution >= 0.6 is 11.3 Å². The summed E-state index contributed by atoms with van der Waals surface area (Å²) in [4.78, 5) is 15.4. The van der Waals surface area contributed by atoms with Crippen LogP contribution in [0.4, 0.5) is 0 Å². The van der Waals surface area contributed by atoms with Gasteiger partial charge in [-0.1, -0.05) is 164 Å². The predicted molar refractivity (Wildman–Crippen MR) is 232 cm³/mol. The van der Waals surface area contributed by atoms with Gasteiger partial charge in [0.05, 0.1) is 5.41 Å². The molecule has 8 aromatic carbocycles. The van der Waals surface area contributed by atoms with Crippen molar-refractivity contribution in [3.63, 3.8) is 0 Å². The molecule has 10 aromatic rings. The number of ether oxygens (including phenoxy) is 1. The van der Waals surface area contributed by atoms with Crippen molar-refractivity contribution < 1.29 is 4.74 Å². The Hall–Kier alpha value is -7.21. The zero-order chi connectivity index (χ0) is 37.5. The molecular weight excluding hydrogens is 715 g/mol. The summed E-state index contributed by atoms with van der Waals surface area (Å²) in [5.74, 6) is 3.64. The van der Waals surface area contributed by atoms with Gasteiger partial charge >= 0.3 is 0 Å². The van der Waals surface area contributed by atoms with Gasteiger partial charge < -0.3 is 4.74 Å². The van der Waals surface area contributed by atoms with Crippen LogP contribution in [0.15, 0.2) is 188 Å². The molecule has 1 aliphatic carbocycles. The SMILES string of the molecule is c1ccc(-c2ccc(-c3nc(-c4ccccc4)nc(-c4cccc5sc6cc7c(cc6c45)Oc4ccccc4C74c5ccccc5-c5ccccc54)n3)cc2)cc1. The molecule has 0 saturated heterocycles. The third kappa shape index (κ3) is 4.76. The molecule has 1 aliphatic heterocycles. The van der Waals surface area contributed by atoms with E-state index < -0.39 is 5.41 Å². The predicted octanol–water partition coefficient (Wildman–Crippen LogP) is 13.4. The van der Waals surface area contributed by atoms with Gasteiger partial charge in [-0.05, 0) is 57.6 Å². The van der Waals surface area contributed by atoms with Gasteiger partial charge in [0.2, 0.25) is 0 Å². The second-order valence-corrected chi connectivity index (χ2v) is 15.8. The maximum absolute atomic E-state index is 6.93. The van der Waals surface area contributed by atoms with E-state index in [4.69, 9.17) is 19.7 Å². The van der Waals surface area contributed by atoms with E-state index in [1.165, 1.54) is 42.8 Å². The van der Waals surface area contributed by atoms with Crippen molar-refractivity contribution in [3.05, 3.63) is 210 Å². The summed E-state index contributed by atoms with van der Waals surface area (Å²) in [6.07, 6.45) is 0. The summed E-state index contributed by atoms with van der Waals surface area (Å²) < 4.78 is 9.28. The maximum Gasteiger partial charge on any atom is 0.164 e. The Labute approximate surface area is 333 Å². The summed E-state index contributed by atoms with van der Waals surface area (Å²) in [7, 11) is 0. The summed E-state index contributed by atoms with van der Waals surface area (Å²) in [5, 5.41) is 2.23. The van der Waals surface area contributed by atoms with Crippen molar-refractivity contribution in [2.45, 2.75) is 5.41 Å². The fourth-order valence-corrected chi connectivity index (χ4v) is 10.3. The molecule has 3 heterocycles. The van der Waals surface area contributed by atoms with Gasteiger partial charge in [0.1, 0.15) is 11.5 Å². The van der Waals surface area contributed by atoms with Crippen LogP contribution in [0.2, 0.25) is 0 Å². The number of aromatic nitrogens is 3. The summed E-state index contributed by atoms with van der Waals surface area (Å²) in [6, 6.07) is 66.5. The highest BCUT2D eigenvalue weighted by molar-refractivity contribution is 7.26. The number of hydrogen-bond acceptors (Lipinski definition) is 5. The molecule has 0 atom stereocenters. The molecule has 0 unspecified atom stereocenters. The Balaban J connectivity index is 1.08. The van der Waals surface area contributed by atoms with Gasteiger partial charge in [0.25, 0.3) is 0 Å². The van der Waals surface area contributed by atoms with E-state index in [2.05, 4.69) is 164 Å². The minimum atomic E-state index is -0.520. The van der Waals surface area contributed by atoms with Crippen LogP contribution in [0.5, 0.6) is 11.5 Å². The van der Waals surface area contributed by atoms with Crippen LogP contribution in [-0.2, 0) is 5.41 Å². The minimum absolute atomic E-state index is 0.520. The number of fused-ring (bicyclic) bond motifs is 12. The molecule has 0 radical (unpaired) electrons. The van der Waals surface area contributed by atoms with Gasteiger partial charge in [0.15, 0.2) is 17.5 Å². The zero-order valence-electron chi connectivity index (χ0n) is 30.6. The molecule has 0 N–H and O–H groups in total. The Bertz CT molecular complexity index is 3160. The average Bonchev–Trinajstić information content (AvgIpc) is 3.80. The molecule has 0 bridgehead atoms. The van der Waals surface area contributed by atoms with Crippen molar-refractivity contribution in [2.75, 3.05) is 0 Å². The largest absolute Gasteiger partial charge is 0.457 e. The van der Waals surface area contributed by atoms with E-state index in [-0.39, 0.29) is 0 Å². The Morgan fingerprint density at radius 1 is 0.368 bits per heavy atom. The van der Waals surface area contributed by atoms with E-state index in [0.717, 1.165) is 50.1 Å². The highest BCUT2D eigenvalue weighted by atomic mass is 32.1. The van der Waals surface area contributed by atoms with E-state index in [1.54, 1.807) is 11.3 Å². The molecule has 12 rings (SSSR count). The van der Waals surface area contributed by atoms with Crippen LogP contribution in [0, 0.1) is 0 Å². The number of nitrogens with zero attached hydrogens (tertiary/aromatic N) is 3. The van der Waals surface area contributed by atoms with E-state index in [1.807, 2.05) is 24.3 Å². The number of para-hydroxylation sites is 1. The molecule has 2 aliphatic rings. The molecule has 2 aromatic heterocycles. The first-order valence-electron chi connectivity index (χ1n) is 19.2. The number of rotatable bonds is 4. The van der Waals surface area contributed by atoms with Crippen molar-refractivity contribution >= 4 is 31.5 Å². The summed E-state index contributed by atoms with van der Waals surface area (Å²) in [6.45, 7) is 0. The van der Waals surface area contributed by atoms with Crippen molar-refractivity contribution in [1.29, 1.82) is 0 Å². The fraction of sp³-hybridized carbons (Fsp3) is 0.0192. The molecule has 0 fully saturated rings. The smallest absolute Gasteiger partial charge is 0.164 e. The topological polar surface area (TPSA) is 47.9 Å². The van der Waals surface area contributed by atoms with E-state index >= 15 is 0 Å². The fourth-order valence-electron chi connectivity index (χ4n) is 9.14. The molecule has 4 nitrogen and oxygen atoms in total. The third-order valence-corrected chi connectivity index (χ3v) is 12.7. The van der Waals surface area contributed by atoms with Crippen molar-refractivity contribution in [1.82, 2.24) is 15.0 Å². The lowest BCUT2D eigenvalue weighted by Gasteiger charge is -2.39. The van der Waals surface area contributed by atoms with Gasteiger partial charge in [-0.3, -0.25) is 0 Å². The van der Waals surface area contributed by atoms with Crippen molar-refractivity contribution in [2.24, 2.45) is 0 Å². The number of hydrogen-bond donors (Lipinski definition) is 0. The van der Waals surface area contributed by atoms with E-state index in [0.29, 0.717) is 17.5 Å². The average molecular weight is 746 g/mol. The first kappa shape index (κ1) is 32.1. The highest BCUT2D eigenvalue weighted by Crippen LogP contribution is 2.63. The standard InChI is InChI=1S/C52H31N3OS/c1-3-14-32(15-4-1)33-26-28-35(29-27-33)50-53-49(34-16-5-2-6-17-34)54-51(55-50)38-20-13-25-46-48(38)39-30-45-43(31-47(39)57-46)52(42-23-11-12-24-44(42)56-45)40-21-9-7-18-36(40)37-19-8-10-22-41(37)52/h1-31H. The first-order valence-corrected chi connectivity index (χ1v) is 20.0. The summed E-state index contributed by atoms with van der Waals surface area (Å²) >= 11 is 1.80. The van der Waals surface area contributed by atoms with Crippen LogP contribution in [0.25, 0.3) is 76.6 Å². The minimum Gasteiger partial charge on any atom is -0.457 e. The molecule has 0 amide bonds. The molecule has 57 heavy (non-hydrogen) atoms. The quantitative estimate of drug-likeness (QED) is 0.180. The highest BCUT2D eigenvalue weighted by Gasteiger charge is 2.51. The lowest BCUT2D eigenvalue weighted by molar-refractivity contribution is 0.437. The monoisotopic (exact) mass is 745 g/mol. The Morgan fingerprint density at radius 2 is 0.895 bits per heavy atom. The lowest BCUT2D eigenvalue weighted by atomic mass is 9.66. The van der Waals surface area contributed by atoms with Gasteiger partial charge in [-0.2, -0.15) is 0 Å². The van der Waals surface area contributed by atoms with Gasteiger partial charge in [0, 0.05) is 48.0 Å². The second kappa shape index (κ2) is 12.4. The Morgan fingerprint density at radius 3 is 1.60 bits per heavy atom. The summed E-state index contributed by atoms with van der Waals surface area (Å²) in [5.41, 5.74) is 12.1. The van der Waals surface area contributed by atoms with Crippen LogP contribution in [0.3, 0.4) is 0 Å². The van der Waals surface area contributed by atoms with E-state index in [9.17, 15) is 0 Å². The zero-order valence-corrected chi connectivity index (χ0v) is 31.4. The molecule has 5 heteroatoms. The number of thiophene rings is 1. The van der Waals surface area contributed by atoms with Crippen LogP contribution in [0.1, 0.15) is 22.3 Å². The van der Waals surface area contributed by atoms with Gasteiger partial charge in [-0.25, -0.2) is 15.0 Å². The third-order valence-electron chi connectivity index (χ3n) is 11.6. The first-order chi connectivity index (χ1) is 28.2. The number of benzene rings is 8. The lowest BCUT2D eigenvalue weighted by Crippen LogP contribution is -2.32. The normalized spacial score (nSPS) is 13.2.